The van der Waals surface area contributed by atoms with Crippen molar-refractivity contribution in [1.29, 1.82) is 0 Å². The Kier molecular flexibility index (Phi) is 4.79. The van der Waals surface area contributed by atoms with E-state index in [1.165, 1.54) is 0 Å². The number of H-pyrrole nitrogens is 1. The number of hydrogen-bond acceptors (Lipinski definition) is 5. The number of hydrogen-bond donors (Lipinski definition) is 1. The van der Waals surface area contributed by atoms with E-state index in [1.807, 2.05) is 0 Å². The highest BCUT2D eigenvalue weighted by molar-refractivity contribution is 7.99. The molecule has 7 heteroatoms. The average molecular weight is 286 g/mol. The van der Waals surface area contributed by atoms with Crippen LogP contribution in [0, 0.1) is 0 Å². The third-order valence-electron chi connectivity index (χ3n) is 2.77. The predicted octanol–water partition coefficient (Wildman–Crippen LogP) is 2.44. The van der Waals surface area contributed by atoms with E-state index < -0.39 is 0 Å². The van der Waals surface area contributed by atoms with Crippen LogP contribution in [0.1, 0.15) is 13.8 Å². The Bertz CT molecular complexity index is 511. The molecular formula is C11H16ClN5S. The minimum absolute atomic E-state index is 0.250. The van der Waals surface area contributed by atoms with Crippen LogP contribution >= 0.6 is 23.4 Å². The van der Waals surface area contributed by atoms with Crippen molar-refractivity contribution < 1.29 is 0 Å². The number of nitrogens with one attached hydrogen (secondary N) is 1. The van der Waals surface area contributed by atoms with Gasteiger partial charge in [-0.05, 0) is 24.7 Å². The van der Waals surface area contributed by atoms with E-state index in [2.05, 4.69) is 38.7 Å². The van der Waals surface area contributed by atoms with Crippen molar-refractivity contribution in [2.75, 3.05) is 25.4 Å². The fraction of sp³-hybridized carbons (Fsp3) is 0.545. The first-order chi connectivity index (χ1) is 8.74. The summed E-state index contributed by atoms with van der Waals surface area (Å²) in [7, 11) is 0. The summed E-state index contributed by atoms with van der Waals surface area (Å²) < 4.78 is 0. The SMILES string of the molecule is CCN(CC)CCSc1nc(Cl)nc2nc[nH]c12. The largest absolute Gasteiger partial charge is 0.341 e. The second-order valence-corrected chi connectivity index (χ2v) is 5.20. The van der Waals surface area contributed by atoms with E-state index in [0.717, 1.165) is 35.9 Å². The Labute approximate surface area is 115 Å². The summed E-state index contributed by atoms with van der Waals surface area (Å²) >= 11 is 7.56. The van der Waals surface area contributed by atoms with Crippen molar-refractivity contribution in [2.24, 2.45) is 0 Å². The lowest BCUT2D eigenvalue weighted by molar-refractivity contribution is 0.324. The number of aromatic nitrogens is 4. The minimum atomic E-state index is 0.250. The maximum Gasteiger partial charge on any atom is 0.225 e. The third-order valence-corrected chi connectivity index (χ3v) is 3.89. The molecule has 0 aromatic carbocycles. The smallest absolute Gasteiger partial charge is 0.225 e. The van der Waals surface area contributed by atoms with Gasteiger partial charge in [0.05, 0.1) is 6.33 Å². The molecule has 0 amide bonds. The van der Waals surface area contributed by atoms with Crippen LogP contribution in [0.3, 0.4) is 0 Å². The van der Waals surface area contributed by atoms with E-state index >= 15 is 0 Å². The summed E-state index contributed by atoms with van der Waals surface area (Å²) in [5.74, 6) is 0.975. The molecule has 98 valence electrons. The number of aromatic amines is 1. The molecule has 0 aliphatic rings. The molecule has 2 aromatic heterocycles. The number of halogens is 1. The number of thioether (sulfide) groups is 1. The van der Waals surface area contributed by atoms with Gasteiger partial charge in [-0.15, -0.1) is 11.8 Å². The fourth-order valence-electron chi connectivity index (χ4n) is 1.70. The molecule has 0 saturated heterocycles. The maximum atomic E-state index is 5.88. The van der Waals surface area contributed by atoms with Gasteiger partial charge in [-0.3, -0.25) is 0 Å². The molecule has 0 aliphatic carbocycles. The first-order valence-corrected chi connectivity index (χ1v) is 7.32. The molecule has 2 heterocycles. The van der Waals surface area contributed by atoms with Gasteiger partial charge in [-0.25, -0.2) is 9.97 Å². The fourth-order valence-corrected chi connectivity index (χ4v) is 2.90. The molecule has 0 spiro atoms. The van der Waals surface area contributed by atoms with Gasteiger partial charge >= 0.3 is 0 Å². The lowest BCUT2D eigenvalue weighted by atomic mass is 10.5. The molecule has 0 radical (unpaired) electrons. The minimum Gasteiger partial charge on any atom is -0.341 e. The highest BCUT2D eigenvalue weighted by atomic mass is 35.5. The summed E-state index contributed by atoms with van der Waals surface area (Å²) in [4.78, 5) is 17.8. The van der Waals surface area contributed by atoms with Crippen molar-refractivity contribution in [3.63, 3.8) is 0 Å². The standard InChI is InChI=1S/C11H16ClN5S/c1-3-17(4-2)5-6-18-10-8-9(14-7-13-8)15-11(12)16-10/h7H,3-6H2,1-2H3,(H,13,14,15,16). The van der Waals surface area contributed by atoms with Gasteiger partial charge < -0.3 is 9.88 Å². The second kappa shape index (κ2) is 6.36. The lowest BCUT2D eigenvalue weighted by Gasteiger charge is -2.17. The zero-order valence-corrected chi connectivity index (χ0v) is 12.1. The molecule has 1 N–H and O–H groups in total. The van der Waals surface area contributed by atoms with Gasteiger partial charge in [-0.2, -0.15) is 4.98 Å². The van der Waals surface area contributed by atoms with Crippen LogP contribution in [0.5, 0.6) is 0 Å². The van der Waals surface area contributed by atoms with E-state index in [0.29, 0.717) is 5.65 Å². The summed E-state index contributed by atoms with van der Waals surface area (Å²) in [6.45, 7) is 7.52. The molecule has 18 heavy (non-hydrogen) atoms. The summed E-state index contributed by atoms with van der Waals surface area (Å²) in [6.07, 6.45) is 1.62. The van der Waals surface area contributed by atoms with E-state index in [9.17, 15) is 0 Å². The molecule has 5 nitrogen and oxygen atoms in total. The summed E-state index contributed by atoms with van der Waals surface area (Å²) in [6, 6.07) is 0. The zero-order chi connectivity index (χ0) is 13.0. The van der Waals surface area contributed by atoms with E-state index in [1.54, 1.807) is 18.1 Å². The molecule has 0 fully saturated rings. The van der Waals surface area contributed by atoms with Crippen LogP contribution in [-0.2, 0) is 0 Å². The van der Waals surface area contributed by atoms with Gasteiger partial charge in [-0.1, -0.05) is 13.8 Å². The molecule has 0 aliphatic heterocycles. The number of fused-ring (bicyclic) bond motifs is 1. The van der Waals surface area contributed by atoms with Crippen molar-refractivity contribution >= 4 is 34.5 Å². The normalized spacial score (nSPS) is 11.6. The van der Waals surface area contributed by atoms with Crippen LogP contribution in [0.15, 0.2) is 11.4 Å². The predicted molar refractivity (Wildman–Crippen MR) is 75.2 cm³/mol. The second-order valence-electron chi connectivity index (χ2n) is 3.77. The Morgan fingerprint density at radius 1 is 1.33 bits per heavy atom. The first-order valence-electron chi connectivity index (χ1n) is 5.96. The van der Waals surface area contributed by atoms with E-state index in [4.69, 9.17) is 11.6 Å². The molecule has 0 saturated carbocycles. The first kappa shape index (κ1) is 13.6. The molecule has 0 bridgehead atoms. The monoisotopic (exact) mass is 285 g/mol. The quantitative estimate of drug-likeness (QED) is 0.502. The van der Waals surface area contributed by atoms with E-state index in [-0.39, 0.29) is 5.28 Å². The van der Waals surface area contributed by atoms with Crippen LogP contribution < -0.4 is 0 Å². The topological polar surface area (TPSA) is 57.7 Å². The average Bonchev–Trinajstić information content (AvgIpc) is 2.82. The van der Waals surface area contributed by atoms with Crippen LogP contribution in [0.25, 0.3) is 11.2 Å². The maximum absolute atomic E-state index is 5.88. The van der Waals surface area contributed by atoms with Crippen LogP contribution in [0.4, 0.5) is 0 Å². The Balaban J connectivity index is 2.05. The highest BCUT2D eigenvalue weighted by Crippen LogP contribution is 2.24. The Hall–Kier alpha value is -0.850. The Morgan fingerprint density at radius 2 is 2.11 bits per heavy atom. The van der Waals surface area contributed by atoms with Crippen molar-refractivity contribution in [1.82, 2.24) is 24.8 Å². The third kappa shape index (κ3) is 3.13. The van der Waals surface area contributed by atoms with Crippen molar-refractivity contribution in [2.45, 2.75) is 18.9 Å². The van der Waals surface area contributed by atoms with Gasteiger partial charge in [0.15, 0.2) is 5.65 Å². The van der Waals surface area contributed by atoms with Crippen molar-refractivity contribution in [3.05, 3.63) is 11.6 Å². The number of nitrogens with zero attached hydrogens (tertiary/aromatic N) is 4. The zero-order valence-electron chi connectivity index (χ0n) is 10.5. The van der Waals surface area contributed by atoms with Crippen LogP contribution in [-0.4, -0.2) is 50.2 Å². The number of rotatable bonds is 6. The summed E-state index contributed by atoms with van der Waals surface area (Å²) in [5.41, 5.74) is 1.49. The number of imidazole rings is 1. The van der Waals surface area contributed by atoms with Gasteiger partial charge in [0, 0.05) is 12.3 Å². The highest BCUT2D eigenvalue weighted by Gasteiger charge is 2.09. The van der Waals surface area contributed by atoms with Gasteiger partial charge in [0.25, 0.3) is 0 Å². The van der Waals surface area contributed by atoms with Crippen LogP contribution in [0.2, 0.25) is 5.28 Å². The van der Waals surface area contributed by atoms with Crippen molar-refractivity contribution in [3.8, 4) is 0 Å². The van der Waals surface area contributed by atoms with Gasteiger partial charge in [0.1, 0.15) is 10.5 Å². The molecule has 2 rings (SSSR count). The molecule has 0 unspecified atom stereocenters. The van der Waals surface area contributed by atoms with Gasteiger partial charge in [0.2, 0.25) is 5.28 Å². The lowest BCUT2D eigenvalue weighted by Crippen LogP contribution is -2.25. The molecule has 0 atom stereocenters. The Morgan fingerprint density at radius 3 is 2.83 bits per heavy atom. The molecule has 2 aromatic rings. The summed E-state index contributed by atoms with van der Waals surface area (Å²) in [5, 5.41) is 1.12. The molecular weight excluding hydrogens is 270 g/mol.